The van der Waals surface area contributed by atoms with Gasteiger partial charge in [-0.05, 0) is 42.5 Å². The molecule has 1 aromatic heterocycles. The minimum Gasteiger partial charge on any atom is -0.452 e. The Morgan fingerprint density at radius 1 is 1.23 bits per heavy atom. The zero-order valence-corrected chi connectivity index (χ0v) is 13.5. The number of esters is 1. The molecule has 1 atom stereocenters. The summed E-state index contributed by atoms with van der Waals surface area (Å²) < 4.78 is 5.16. The Bertz CT molecular complexity index is 620. The number of anilines is 1. The highest BCUT2D eigenvalue weighted by Crippen LogP contribution is 2.12. The van der Waals surface area contributed by atoms with E-state index in [0.717, 1.165) is 11.3 Å². The number of rotatable bonds is 6. The molecule has 1 N–H and O–H groups in total. The molecular weight excluding hydrogens is 298 g/mol. The molecule has 0 aliphatic carbocycles. The first-order valence-corrected chi connectivity index (χ1v) is 8.08. The Balaban J connectivity index is 1.84. The number of carbonyl (C=O) groups is 2. The van der Waals surface area contributed by atoms with E-state index in [-0.39, 0.29) is 12.3 Å². The number of thiophene rings is 1. The van der Waals surface area contributed by atoms with Gasteiger partial charge in [-0.25, -0.2) is 0 Å². The highest BCUT2D eigenvalue weighted by Gasteiger charge is 2.18. The monoisotopic (exact) mass is 317 g/mol. The first-order chi connectivity index (χ1) is 10.6. The molecule has 5 heteroatoms. The van der Waals surface area contributed by atoms with Crippen LogP contribution in [0.4, 0.5) is 5.69 Å². The van der Waals surface area contributed by atoms with E-state index in [1.54, 1.807) is 6.92 Å². The predicted octanol–water partition coefficient (Wildman–Crippen LogP) is 3.42. The standard InChI is InChI=1S/C17H19NO3S/c1-3-13-6-8-14(9-7-13)18-17(20)12(2)21-16(19)11-15-5-4-10-22-15/h4-10,12H,3,11H2,1-2H3,(H,18,20)/t12-/m0/s1. The summed E-state index contributed by atoms with van der Waals surface area (Å²) in [6.45, 7) is 3.64. The number of aryl methyl sites for hydroxylation is 1. The average molecular weight is 317 g/mol. The molecule has 116 valence electrons. The topological polar surface area (TPSA) is 55.4 Å². The first kappa shape index (κ1) is 16.2. The van der Waals surface area contributed by atoms with Crippen LogP contribution in [0.2, 0.25) is 0 Å². The van der Waals surface area contributed by atoms with Crippen molar-refractivity contribution in [3.63, 3.8) is 0 Å². The van der Waals surface area contributed by atoms with Crippen molar-refractivity contribution in [2.24, 2.45) is 0 Å². The second-order valence-corrected chi connectivity index (χ2v) is 5.96. The van der Waals surface area contributed by atoms with Gasteiger partial charge >= 0.3 is 5.97 Å². The minimum absolute atomic E-state index is 0.195. The predicted molar refractivity (Wildman–Crippen MR) is 88.0 cm³/mol. The third kappa shape index (κ3) is 4.70. The van der Waals surface area contributed by atoms with Crippen LogP contribution in [0.25, 0.3) is 0 Å². The number of benzene rings is 1. The highest BCUT2D eigenvalue weighted by molar-refractivity contribution is 7.10. The number of hydrogen-bond donors (Lipinski definition) is 1. The molecule has 0 spiro atoms. The molecule has 0 unspecified atom stereocenters. The van der Waals surface area contributed by atoms with Crippen molar-refractivity contribution < 1.29 is 14.3 Å². The first-order valence-electron chi connectivity index (χ1n) is 7.20. The zero-order valence-electron chi connectivity index (χ0n) is 12.7. The molecule has 1 heterocycles. The third-order valence-electron chi connectivity index (χ3n) is 3.21. The van der Waals surface area contributed by atoms with Crippen LogP contribution in [-0.4, -0.2) is 18.0 Å². The summed E-state index contributed by atoms with van der Waals surface area (Å²) in [5, 5.41) is 4.65. The summed E-state index contributed by atoms with van der Waals surface area (Å²) in [5.74, 6) is -0.727. The van der Waals surface area contributed by atoms with E-state index in [4.69, 9.17) is 4.74 Å². The molecule has 22 heavy (non-hydrogen) atoms. The van der Waals surface area contributed by atoms with Crippen LogP contribution >= 0.6 is 11.3 Å². The minimum atomic E-state index is -0.821. The lowest BCUT2D eigenvalue weighted by atomic mass is 10.1. The van der Waals surface area contributed by atoms with E-state index in [1.165, 1.54) is 16.9 Å². The Morgan fingerprint density at radius 2 is 1.95 bits per heavy atom. The van der Waals surface area contributed by atoms with Crippen molar-refractivity contribution >= 4 is 28.9 Å². The Labute approximate surface area is 134 Å². The highest BCUT2D eigenvalue weighted by atomic mass is 32.1. The van der Waals surface area contributed by atoms with Crippen molar-refractivity contribution in [2.45, 2.75) is 32.8 Å². The maximum atomic E-state index is 12.0. The third-order valence-corrected chi connectivity index (χ3v) is 4.08. The maximum absolute atomic E-state index is 12.0. The molecule has 1 aromatic carbocycles. The molecule has 2 rings (SSSR count). The van der Waals surface area contributed by atoms with E-state index < -0.39 is 12.1 Å². The van der Waals surface area contributed by atoms with E-state index in [2.05, 4.69) is 12.2 Å². The van der Waals surface area contributed by atoms with E-state index >= 15 is 0 Å². The normalized spacial score (nSPS) is 11.7. The van der Waals surface area contributed by atoms with Gasteiger partial charge in [0.15, 0.2) is 6.10 Å². The number of carbonyl (C=O) groups excluding carboxylic acids is 2. The van der Waals surface area contributed by atoms with Gasteiger partial charge in [0.25, 0.3) is 5.91 Å². The smallest absolute Gasteiger partial charge is 0.311 e. The lowest BCUT2D eigenvalue weighted by Gasteiger charge is -2.13. The summed E-state index contributed by atoms with van der Waals surface area (Å²) in [7, 11) is 0. The fourth-order valence-corrected chi connectivity index (χ4v) is 2.61. The van der Waals surface area contributed by atoms with Crippen LogP contribution < -0.4 is 5.32 Å². The van der Waals surface area contributed by atoms with E-state index in [1.807, 2.05) is 41.8 Å². The summed E-state index contributed by atoms with van der Waals surface area (Å²) in [6, 6.07) is 11.4. The lowest BCUT2D eigenvalue weighted by molar-refractivity contribution is -0.152. The van der Waals surface area contributed by atoms with Gasteiger partial charge in [-0.3, -0.25) is 9.59 Å². The molecule has 0 saturated carbocycles. The molecule has 0 saturated heterocycles. The van der Waals surface area contributed by atoms with Gasteiger partial charge < -0.3 is 10.1 Å². The lowest BCUT2D eigenvalue weighted by Crippen LogP contribution is -2.30. The zero-order chi connectivity index (χ0) is 15.9. The van der Waals surface area contributed by atoms with Crippen LogP contribution in [0.3, 0.4) is 0 Å². The van der Waals surface area contributed by atoms with Gasteiger partial charge in [0.1, 0.15) is 0 Å². The number of ether oxygens (including phenoxy) is 1. The molecule has 0 bridgehead atoms. The van der Waals surface area contributed by atoms with Gasteiger partial charge in [0.2, 0.25) is 0 Å². The van der Waals surface area contributed by atoms with Gasteiger partial charge in [0, 0.05) is 10.6 Å². The molecule has 4 nitrogen and oxygen atoms in total. The van der Waals surface area contributed by atoms with Crippen LogP contribution in [-0.2, 0) is 27.2 Å². The Morgan fingerprint density at radius 3 is 2.55 bits per heavy atom. The quantitative estimate of drug-likeness (QED) is 0.831. The average Bonchev–Trinajstić information content (AvgIpc) is 3.00. The van der Waals surface area contributed by atoms with Crippen molar-refractivity contribution in [3.8, 4) is 0 Å². The molecule has 0 aliphatic rings. The molecule has 2 aromatic rings. The van der Waals surface area contributed by atoms with Crippen LogP contribution in [0.5, 0.6) is 0 Å². The van der Waals surface area contributed by atoms with Gasteiger partial charge in [-0.2, -0.15) is 0 Å². The van der Waals surface area contributed by atoms with Gasteiger partial charge in [-0.15, -0.1) is 11.3 Å². The number of nitrogens with one attached hydrogen (secondary N) is 1. The number of hydrogen-bond acceptors (Lipinski definition) is 4. The summed E-state index contributed by atoms with van der Waals surface area (Å²) in [6.07, 6.45) is 0.323. The van der Waals surface area contributed by atoms with Crippen molar-refractivity contribution in [3.05, 3.63) is 52.2 Å². The van der Waals surface area contributed by atoms with E-state index in [9.17, 15) is 9.59 Å². The number of amides is 1. The van der Waals surface area contributed by atoms with Crippen molar-refractivity contribution in [1.29, 1.82) is 0 Å². The molecular formula is C17H19NO3S. The fourth-order valence-electron chi connectivity index (χ4n) is 1.92. The summed E-state index contributed by atoms with van der Waals surface area (Å²) in [5.41, 5.74) is 1.90. The maximum Gasteiger partial charge on any atom is 0.311 e. The summed E-state index contributed by atoms with van der Waals surface area (Å²) >= 11 is 1.49. The van der Waals surface area contributed by atoms with Gasteiger partial charge in [-0.1, -0.05) is 25.1 Å². The van der Waals surface area contributed by atoms with E-state index in [0.29, 0.717) is 5.69 Å². The molecule has 1 amide bonds. The summed E-state index contributed by atoms with van der Waals surface area (Å²) in [4.78, 5) is 24.7. The Kier molecular flexibility index (Phi) is 5.72. The largest absolute Gasteiger partial charge is 0.452 e. The second kappa shape index (κ2) is 7.75. The van der Waals surface area contributed by atoms with Crippen molar-refractivity contribution in [1.82, 2.24) is 0 Å². The van der Waals surface area contributed by atoms with Crippen molar-refractivity contribution in [2.75, 3.05) is 5.32 Å². The molecule has 0 fully saturated rings. The van der Waals surface area contributed by atoms with Crippen LogP contribution in [0.15, 0.2) is 41.8 Å². The second-order valence-electron chi connectivity index (χ2n) is 4.93. The van der Waals surface area contributed by atoms with Gasteiger partial charge in [0.05, 0.1) is 6.42 Å². The van der Waals surface area contributed by atoms with Crippen LogP contribution in [0.1, 0.15) is 24.3 Å². The molecule has 0 radical (unpaired) electrons. The molecule has 0 aliphatic heterocycles. The fraction of sp³-hybridized carbons (Fsp3) is 0.294. The Hall–Kier alpha value is -2.14. The van der Waals surface area contributed by atoms with Crippen LogP contribution in [0, 0.1) is 0 Å². The SMILES string of the molecule is CCc1ccc(NC(=O)[C@H](C)OC(=O)Cc2cccs2)cc1.